The zero-order chi connectivity index (χ0) is 12.6. The number of thioether (sulfide) groups is 1. The molecule has 1 saturated heterocycles. The number of hydrogen-bond donors (Lipinski definition) is 1. The normalized spacial score (nSPS) is 17.8. The molecule has 102 valence electrons. The Bertz CT molecular complexity index is 337. The Morgan fingerprint density at radius 2 is 2.33 bits per heavy atom. The van der Waals surface area contributed by atoms with E-state index >= 15 is 0 Å². The Labute approximate surface area is 113 Å². The number of hydrogen-bond acceptors (Lipinski definition) is 6. The smallest absolute Gasteiger partial charge is 0.240 e. The SMILES string of the molecule is CCCSCc1noc(CN2CCCNCC2)n1. The first-order chi connectivity index (χ1) is 8.88. The summed E-state index contributed by atoms with van der Waals surface area (Å²) in [5.41, 5.74) is 0. The van der Waals surface area contributed by atoms with Gasteiger partial charge in [-0.3, -0.25) is 4.90 Å². The molecule has 2 rings (SSSR count). The lowest BCUT2D eigenvalue weighted by Gasteiger charge is -2.16. The molecule has 1 N–H and O–H groups in total. The molecular weight excluding hydrogens is 248 g/mol. The van der Waals surface area contributed by atoms with Gasteiger partial charge in [-0.15, -0.1) is 0 Å². The summed E-state index contributed by atoms with van der Waals surface area (Å²) in [6.45, 7) is 7.29. The number of nitrogens with zero attached hydrogens (tertiary/aromatic N) is 3. The summed E-state index contributed by atoms with van der Waals surface area (Å²) in [7, 11) is 0. The molecule has 2 heterocycles. The summed E-state index contributed by atoms with van der Waals surface area (Å²) in [4.78, 5) is 6.82. The van der Waals surface area contributed by atoms with Crippen molar-refractivity contribution in [3.05, 3.63) is 11.7 Å². The summed E-state index contributed by atoms with van der Waals surface area (Å²) in [6, 6.07) is 0. The summed E-state index contributed by atoms with van der Waals surface area (Å²) in [5, 5.41) is 7.42. The first-order valence-electron chi connectivity index (χ1n) is 6.70. The summed E-state index contributed by atoms with van der Waals surface area (Å²) >= 11 is 1.86. The van der Waals surface area contributed by atoms with Crippen molar-refractivity contribution in [2.75, 3.05) is 31.9 Å². The maximum Gasteiger partial charge on any atom is 0.240 e. The highest BCUT2D eigenvalue weighted by molar-refractivity contribution is 7.98. The molecular formula is C12H22N4OS. The highest BCUT2D eigenvalue weighted by Crippen LogP contribution is 2.11. The Morgan fingerprint density at radius 3 is 3.22 bits per heavy atom. The van der Waals surface area contributed by atoms with Crippen LogP contribution in [0, 0.1) is 0 Å². The van der Waals surface area contributed by atoms with Crippen LogP contribution in [0.4, 0.5) is 0 Å². The van der Waals surface area contributed by atoms with Crippen LogP contribution in [0.5, 0.6) is 0 Å². The van der Waals surface area contributed by atoms with E-state index in [2.05, 4.69) is 27.3 Å². The predicted octanol–water partition coefficient (Wildman–Crippen LogP) is 1.51. The van der Waals surface area contributed by atoms with Crippen LogP contribution in [-0.2, 0) is 12.3 Å². The topological polar surface area (TPSA) is 54.2 Å². The van der Waals surface area contributed by atoms with Crippen LogP contribution in [0.25, 0.3) is 0 Å². The lowest BCUT2D eigenvalue weighted by Crippen LogP contribution is -2.27. The Hall–Kier alpha value is -0.590. The summed E-state index contributed by atoms with van der Waals surface area (Å²) < 4.78 is 5.30. The third-order valence-electron chi connectivity index (χ3n) is 2.88. The van der Waals surface area contributed by atoms with Crippen LogP contribution < -0.4 is 5.32 Å². The molecule has 1 fully saturated rings. The first-order valence-corrected chi connectivity index (χ1v) is 7.86. The summed E-state index contributed by atoms with van der Waals surface area (Å²) in [6.07, 6.45) is 2.38. The zero-order valence-corrected chi connectivity index (χ0v) is 11.8. The second kappa shape index (κ2) is 7.76. The van der Waals surface area contributed by atoms with Crippen molar-refractivity contribution in [1.82, 2.24) is 20.4 Å². The second-order valence-electron chi connectivity index (χ2n) is 4.54. The fraction of sp³-hybridized carbons (Fsp3) is 0.833. The molecule has 1 aliphatic rings. The fourth-order valence-electron chi connectivity index (χ4n) is 1.97. The van der Waals surface area contributed by atoms with E-state index in [1.807, 2.05) is 11.8 Å². The molecule has 0 spiro atoms. The van der Waals surface area contributed by atoms with Crippen molar-refractivity contribution in [2.45, 2.75) is 32.1 Å². The lowest BCUT2D eigenvalue weighted by atomic mass is 10.4. The molecule has 1 aromatic rings. The molecule has 0 aromatic carbocycles. The number of rotatable bonds is 6. The average molecular weight is 270 g/mol. The molecule has 18 heavy (non-hydrogen) atoms. The van der Waals surface area contributed by atoms with Crippen LogP contribution >= 0.6 is 11.8 Å². The molecule has 0 radical (unpaired) electrons. The van der Waals surface area contributed by atoms with Crippen molar-refractivity contribution in [2.24, 2.45) is 0 Å². The average Bonchev–Trinajstić information content (AvgIpc) is 2.65. The van der Waals surface area contributed by atoms with Gasteiger partial charge in [-0.2, -0.15) is 16.7 Å². The molecule has 0 saturated carbocycles. The van der Waals surface area contributed by atoms with E-state index < -0.39 is 0 Å². The van der Waals surface area contributed by atoms with Gasteiger partial charge < -0.3 is 9.84 Å². The molecule has 0 amide bonds. The van der Waals surface area contributed by atoms with Gasteiger partial charge in [0.2, 0.25) is 5.89 Å². The Kier molecular flexibility index (Phi) is 5.96. The van der Waals surface area contributed by atoms with E-state index in [1.165, 1.54) is 12.8 Å². The van der Waals surface area contributed by atoms with Crippen molar-refractivity contribution in [1.29, 1.82) is 0 Å². The minimum atomic E-state index is 0.754. The third kappa shape index (κ3) is 4.59. The second-order valence-corrected chi connectivity index (χ2v) is 5.64. The van der Waals surface area contributed by atoms with Gasteiger partial charge in [0.25, 0.3) is 0 Å². The summed E-state index contributed by atoms with van der Waals surface area (Å²) in [5.74, 6) is 3.60. The van der Waals surface area contributed by atoms with E-state index in [0.29, 0.717) is 0 Å². The van der Waals surface area contributed by atoms with Crippen LogP contribution in [0.2, 0.25) is 0 Å². The maximum atomic E-state index is 5.30. The fourth-order valence-corrected chi connectivity index (χ4v) is 2.70. The molecule has 0 atom stereocenters. The zero-order valence-electron chi connectivity index (χ0n) is 11.0. The van der Waals surface area contributed by atoms with E-state index in [9.17, 15) is 0 Å². The first kappa shape index (κ1) is 13.8. The molecule has 0 aliphatic carbocycles. The Balaban J connectivity index is 1.78. The van der Waals surface area contributed by atoms with Crippen molar-refractivity contribution in [3.63, 3.8) is 0 Å². The number of nitrogens with one attached hydrogen (secondary N) is 1. The van der Waals surface area contributed by atoms with Crippen LogP contribution in [0.15, 0.2) is 4.52 Å². The predicted molar refractivity (Wildman–Crippen MR) is 73.5 cm³/mol. The minimum Gasteiger partial charge on any atom is -0.338 e. The molecule has 6 heteroatoms. The minimum absolute atomic E-state index is 0.754. The molecule has 0 unspecified atom stereocenters. The van der Waals surface area contributed by atoms with Gasteiger partial charge in [-0.05, 0) is 31.7 Å². The molecule has 0 bridgehead atoms. The largest absolute Gasteiger partial charge is 0.338 e. The monoisotopic (exact) mass is 270 g/mol. The van der Waals surface area contributed by atoms with Gasteiger partial charge in [0.15, 0.2) is 5.82 Å². The van der Waals surface area contributed by atoms with Crippen molar-refractivity contribution >= 4 is 11.8 Å². The van der Waals surface area contributed by atoms with Gasteiger partial charge in [0, 0.05) is 13.1 Å². The lowest BCUT2D eigenvalue weighted by molar-refractivity contribution is 0.238. The van der Waals surface area contributed by atoms with Gasteiger partial charge in [-0.25, -0.2) is 0 Å². The van der Waals surface area contributed by atoms with Gasteiger partial charge in [0.05, 0.1) is 12.3 Å². The quantitative estimate of drug-likeness (QED) is 0.791. The van der Waals surface area contributed by atoms with Crippen molar-refractivity contribution in [3.8, 4) is 0 Å². The van der Waals surface area contributed by atoms with Gasteiger partial charge >= 0.3 is 0 Å². The Morgan fingerprint density at radius 1 is 1.39 bits per heavy atom. The van der Waals surface area contributed by atoms with Crippen LogP contribution in [-0.4, -0.2) is 47.0 Å². The number of aromatic nitrogens is 2. The third-order valence-corrected chi connectivity index (χ3v) is 4.04. The van der Waals surface area contributed by atoms with E-state index in [1.54, 1.807) is 0 Å². The van der Waals surface area contributed by atoms with E-state index in [0.717, 1.165) is 55.9 Å². The molecule has 5 nitrogen and oxygen atoms in total. The standard InChI is InChI=1S/C12H22N4OS/c1-2-8-18-10-11-14-12(17-15-11)9-16-6-3-4-13-5-7-16/h13H,2-10H2,1H3. The van der Waals surface area contributed by atoms with Gasteiger partial charge in [0.1, 0.15) is 0 Å². The highest BCUT2D eigenvalue weighted by Gasteiger charge is 2.13. The van der Waals surface area contributed by atoms with E-state index in [4.69, 9.17) is 4.52 Å². The maximum absolute atomic E-state index is 5.30. The van der Waals surface area contributed by atoms with E-state index in [-0.39, 0.29) is 0 Å². The van der Waals surface area contributed by atoms with Crippen molar-refractivity contribution < 1.29 is 4.52 Å². The van der Waals surface area contributed by atoms with Crippen LogP contribution in [0.1, 0.15) is 31.5 Å². The van der Waals surface area contributed by atoms with Crippen LogP contribution in [0.3, 0.4) is 0 Å². The molecule has 1 aliphatic heterocycles. The van der Waals surface area contributed by atoms with Gasteiger partial charge in [-0.1, -0.05) is 12.1 Å². The molecule has 1 aromatic heterocycles. The highest BCUT2D eigenvalue weighted by atomic mass is 32.2.